The summed E-state index contributed by atoms with van der Waals surface area (Å²) in [5.41, 5.74) is 0.677. The van der Waals surface area contributed by atoms with Gasteiger partial charge in [-0.15, -0.1) is 0 Å². The van der Waals surface area contributed by atoms with Gasteiger partial charge in [0.15, 0.2) is 0 Å². The van der Waals surface area contributed by atoms with Crippen molar-refractivity contribution in [3.63, 3.8) is 0 Å². The van der Waals surface area contributed by atoms with Crippen LogP contribution in [-0.2, 0) is 14.4 Å². The molecule has 0 spiro atoms. The van der Waals surface area contributed by atoms with Gasteiger partial charge in [-0.2, -0.15) is 11.3 Å². The monoisotopic (exact) mass is 378 g/mol. The van der Waals surface area contributed by atoms with E-state index in [9.17, 15) is 19.2 Å². The molecule has 0 saturated carbocycles. The quantitative estimate of drug-likeness (QED) is 0.691. The standard InChI is InChI=1S/C17H22N4O4S/c22-14-1-2-15(23)21(14)11-16(24)20-8-6-19(7-9-20)5-4-18-17(25)13-3-10-26-12-13/h3,10,12H,1-2,4-9,11H2,(H,18,25). The van der Waals surface area contributed by atoms with Crippen molar-refractivity contribution in [1.82, 2.24) is 20.0 Å². The molecule has 2 aliphatic rings. The van der Waals surface area contributed by atoms with Gasteiger partial charge >= 0.3 is 0 Å². The summed E-state index contributed by atoms with van der Waals surface area (Å²) in [6, 6.07) is 1.79. The number of nitrogens with one attached hydrogen (secondary N) is 1. The molecule has 26 heavy (non-hydrogen) atoms. The van der Waals surface area contributed by atoms with Crippen molar-refractivity contribution in [2.45, 2.75) is 12.8 Å². The van der Waals surface area contributed by atoms with Crippen molar-refractivity contribution >= 4 is 35.0 Å². The molecule has 3 heterocycles. The predicted molar refractivity (Wildman–Crippen MR) is 95.6 cm³/mol. The van der Waals surface area contributed by atoms with Crippen molar-refractivity contribution in [3.05, 3.63) is 22.4 Å². The van der Waals surface area contributed by atoms with Gasteiger partial charge in [0.1, 0.15) is 6.54 Å². The summed E-state index contributed by atoms with van der Waals surface area (Å²) in [7, 11) is 0. The van der Waals surface area contributed by atoms with Crippen molar-refractivity contribution < 1.29 is 19.2 Å². The Hall–Kier alpha value is -2.26. The van der Waals surface area contributed by atoms with Gasteiger partial charge in [0.2, 0.25) is 17.7 Å². The second-order valence-electron chi connectivity index (χ2n) is 6.36. The smallest absolute Gasteiger partial charge is 0.252 e. The van der Waals surface area contributed by atoms with Crippen LogP contribution in [0.15, 0.2) is 16.8 Å². The van der Waals surface area contributed by atoms with Crippen LogP contribution in [0.1, 0.15) is 23.2 Å². The van der Waals surface area contributed by atoms with E-state index in [0.717, 1.165) is 11.4 Å². The van der Waals surface area contributed by atoms with Crippen LogP contribution < -0.4 is 5.32 Å². The van der Waals surface area contributed by atoms with E-state index >= 15 is 0 Å². The fourth-order valence-electron chi connectivity index (χ4n) is 3.08. The average molecular weight is 378 g/mol. The number of carbonyl (C=O) groups is 4. The molecular formula is C17H22N4O4S. The van der Waals surface area contributed by atoms with Crippen molar-refractivity contribution in [1.29, 1.82) is 0 Å². The van der Waals surface area contributed by atoms with Gasteiger partial charge in [0.25, 0.3) is 5.91 Å². The molecule has 1 N–H and O–H groups in total. The maximum atomic E-state index is 12.3. The number of thiophene rings is 1. The number of imide groups is 1. The van der Waals surface area contributed by atoms with Gasteiger partial charge in [-0.05, 0) is 11.4 Å². The van der Waals surface area contributed by atoms with Crippen molar-refractivity contribution in [3.8, 4) is 0 Å². The fraction of sp³-hybridized carbons (Fsp3) is 0.529. The highest BCUT2D eigenvalue weighted by molar-refractivity contribution is 7.08. The van der Waals surface area contributed by atoms with E-state index in [2.05, 4.69) is 10.2 Å². The molecule has 0 unspecified atom stereocenters. The Kier molecular flexibility index (Phi) is 6.00. The average Bonchev–Trinajstić information content (AvgIpc) is 3.28. The van der Waals surface area contributed by atoms with Crippen LogP contribution in [0, 0.1) is 0 Å². The highest BCUT2D eigenvalue weighted by Crippen LogP contribution is 2.12. The first-order valence-corrected chi connectivity index (χ1v) is 9.62. The molecule has 140 valence electrons. The Bertz CT molecular complexity index is 667. The van der Waals surface area contributed by atoms with Gasteiger partial charge in [0, 0.05) is 63.1 Å². The Morgan fingerprint density at radius 2 is 1.77 bits per heavy atom. The summed E-state index contributed by atoms with van der Waals surface area (Å²) in [5.74, 6) is -0.772. The Balaban J connectivity index is 1.36. The van der Waals surface area contributed by atoms with Crippen LogP contribution >= 0.6 is 11.3 Å². The number of rotatable bonds is 6. The van der Waals surface area contributed by atoms with Crippen LogP contribution in [0.25, 0.3) is 0 Å². The predicted octanol–water partition coefficient (Wildman–Crippen LogP) is -0.229. The minimum Gasteiger partial charge on any atom is -0.351 e. The zero-order valence-corrected chi connectivity index (χ0v) is 15.3. The molecule has 8 nitrogen and oxygen atoms in total. The van der Waals surface area contributed by atoms with Crippen molar-refractivity contribution in [2.75, 3.05) is 45.8 Å². The Morgan fingerprint density at radius 3 is 2.38 bits per heavy atom. The molecule has 2 aliphatic heterocycles. The molecule has 4 amide bonds. The Morgan fingerprint density at radius 1 is 1.08 bits per heavy atom. The van der Waals surface area contributed by atoms with E-state index in [4.69, 9.17) is 0 Å². The topological polar surface area (TPSA) is 90.0 Å². The molecular weight excluding hydrogens is 356 g/mol. The molecule has 3 rings (SSSR count). The van der Waals surface area contributed by atoms with Crippen molar-refractivity contribution in [2.24, 2.45) is 0 Å². The van der Waals surface area contributed by atoms with Crippen LogP contribution in [0.3, 0.4) is 0 Å². The van der Waals surface area contributed by atoms with Crippen LogP contribution in [0.5, 0.6) is 0 Å². The second kappa shape index (κ2) is 8.41. The number of carbonyl (C=O) groups excluding carboxylic acids is 4. The van der Waals surface area contributed by atoms with E-state index in [-0.39, 0.29) is 43.0 Å². The molecule has 2 fully saturated rings. The lowest BCUT2D eigenvalue weighted by Crippen LogP contribution is -2.52. The van der Waals surface area contributed by atoms with E-state index in [1.54, 1.807) is 11.0 Å². The number of piperazine rings is 1. The van der Waals surface area contributed by atoms with Gasteiger partial charge in [0.05, 0.1) is 0 Å². The zero-order chi connectivity index (χ0) is 18.5. The first kappa shape index (κ1) is 18.5. The highest BCUT2D eigenvalue weighted by atomic mass is 32.1. The summed E-state index contributed by atoms with van der Waals surface area (Å²) < 4.78 is 0. The first-order valence-electron chi connectivity index (χ1n) is 8.68. The Labute approximate surface area is 155 Å². The molecule has 0 bridgehead atoms. The summed E-state index contributed by atoms with van der Waals surface area (Å²) in [6.07, 6.45) is 0.411. The van der Waals surface area contributed by atoms with Gasteiger partial charge in [-0.25, -0.2) is 0 Å². The lowest BCUT2D eigenvalue weighted by Gasteiger charge is -2.35. The lowest BCUT2D eigenvalue weighted by molar-refractivity contribution is -0.146. The summed E-state index contributed by atoms with van der Waals surface area (Å²) in [4.78, 5) is 52.3. The van der Waals surface area contributed by atoms with E-state index in [0.29, 0.717) is 38.3 Å². The maximum absolute atomic E-state index is 12.3. The van der Waals surface area contributed by atoms with Crippen LogP contribution in [0.2, 0.25) is 0 Å². The van der Waals surface area contributed by atoms with Crippen LogP contribution in [-0.4, -0.2) is 84.1 Å². The largest absolute Gasteiger partial charge is 0.351 e. The first-order chi connectivity index (χ1) is 12.5. The minimum absolute atomic E-state index is 0.0694. The molecule has 0 aromatic carbocycles. The molecule has 1 aromatic rings. The lowest BCUT2D eigenvalue weighted by atomic mass is 10.3. The van der Waals surface area contributed by atoms with Gasteiger partial charge < -0.3 is 10.2 Å². The van der Waals surface area contributed by atoms with Gasteiger partial charge in [-0.3, -0.25) is 29.0 Å². The number of hydrogen-bond acceptors (Lipinski definition) is 6. The maximum Gasteiger partial charge on any atom is 0.252 e. The molecule has 2 saturated heterocycles. The van der Waals surface area contributed by atoms with Gasteiger partial charge in [-0.1, -0.05) is 0 Å². The van der Waals surface area contributed by atoms with E-state index in [1.165, 1.54) is 11.3 Å². The molecule has 0 aliphatic carbocycles. The molecule has 0 radical (unpaired) electrons. The molecule has 0 atom stereocenters. The third-order valence-electron chi connectivity index (χ3n) is 4.67. The SMILES string of the molecule is O=C(NCCN1CCN(C(=O)CN2C(=O)CCC2=O)CC1)c1ccsc1. The zero-order valence-electron chi connectivity index (χ0n) is 14.5. The van der Waals surface area contributed by atoms with E-state index < -0.39 is 0 Å². The normalized spacial score (nSPS) is 18.5. The molecule has 1 aromatic heterocycles. The third-order valence-corrected chi connectivity index (χ3v) is 5.35. The molecule has 9 heteroatoms. The number of nitrogens with zero attached hydrogens (tertiary/aromatic N) is 3. The minimum atomic E-state index is -0.261. The second-order valence-corrected chi connectivity index (χ2v) is 7.14. The number of likely N-dealkylation sites (tertiary alicyclic amines) is 1. The summed E-state index contributed by atoms with van der Waals surface area (Å²) in [6.45, 7) is 3.68. The van der Waals surface area contributed by atoms with E-state index in [1.807, 2.05) is 10.8 Å². The third kappa shape index (κ3) is 4.47. The van der Waals surface area contributed by atoms with Crippen LogP contribution in [0.4, 0.5) is 0 Å². The summed E-state index contributed by atoms with van der Waals surface area (Å²) in [5, 5.41) is 6.57. The number of amides is 4. The highest BCUT2D eigenvalue weighted by Gasteiger charge is 2.32. The number of hydrogen-bond donors (Lipinski definition) is 1. The fourth-order valence-corrected chi connectivity index (χ4v) is 3.71. The summed E-state index contributed by atoms with van der Waals surface area (Å²) >= 11 is 1.49.